The quantitative estimate of drug-likeness (QED) is 0.848. The summed E-state index contributed by atoms with van der Waals surface area (Å²) in [6.07, 6.45) is 0. The van der Waals surface area contributed by atoms with E-state index < -0.39 is 0 Å². The molecule has 0 fully saturated rings. The summed E-state index contributed by atoms with van der Waals surface area (Å²) >= 11 is 6.95. The maximum absolute atomic E-state index is 5.29. The highest BCUT2D eigenvalue weighted by molar-refractivity contribution is 9.11. The lowest BCUT2D eigenvalue weighted by Crippen LogP contribution is -2.16. The van der Waals surface area contributed by atoms with E-state index in [1.54, 1.807) is 11.8 Å². The molecule has 19 heavy (non-hydrogen) atoms. The number of hydrogen-bond acceptors (Lipinski definition) is 5. The van der Waals surface area contributed by atoms with Crippen LogP contribution in [0.15, 0.2) is 21.1 Å². The van der Waals surface area contributed by atoms with Crippen LogP contribution in [-0.4, -0.2) is 33.9 Å². The van der Waals surface area contributed by atoms with E-state index in [2.05, 4.69) is 52.7 Å². The highest BCUT2D eigenvalue weighted by Gasteiger charge is 2.14. The molecule has 8 heteroatoms. The predicted octanol–water partition coefficient (Wildman–Crippen LogP) is 2.31. The van der Waals surface area contributed by atoms with E-state index in [0.29, 0.717) is 6.54 Å². The van der Waals surface area contributed by atoms with Crippen LogP contribution in [0.2, 0.25) is 0 Å². The summed E-state index contributed by atoms with van der Waals surface area (Å²) in [5.41, 5.74) is 0.831. The fourth-order valence-corrected chi connectivity index (χ4v) is 2.90. The zero-order valence-electron chi connectivity index (χ0n) is 10.5. The topological polar surface area (TPSA) is 64.9 Å². The molecule has 0 aliphatic rings. The molecule has 0 atom stereocenters. The van der Waals surface area contributed by atoms with Crippen molar-refractivity contribution in [3.05, 3.63) is 26.9 Å². The van der Waals surface area contributed by atoms with Crippen molar-refractivity contribution in [3.63, 3.8) is 0 Å². The van der Waals surface area contributed by atoms with Gasteiger partial charge >= 0.3 is 0 Å². The van der Waals surface area contributed by atoms with E-state index in [4.69, 9.17) is 4.74 Å². The SMILES string of the molecule is CCNCc1nnnn1-c1cc(OC)c(Br)cc1Br. The lowest BCUT2D eigenvalue weighted by atomic mass is 10.3. The third kappa shape index (κ3) is 3.13. The highest BCUT2D eigenvalue weighted by Crippen LogP contribution is 2.33. The Balaban J connectivity index is 2.44. The van der Waals surface area contributed by atoms with Crippen LogP contribution in [0.3, 0.4) is 0 Å². The molecule has 1 N–H and O–H groups in total. The van der Waals surface area contributed by atoms with Gasteiger partial charge in [-0.15, -0.1) is 5.10 Å². The molecule has 0 amide bonds. The molecule has 102 valence electrons. The number of ether oxygens (including phenoxy) is 1. The van der Waals surface area contributed by atoms with Crippen LogP contribution in [-0.2, 0) is 6.54 Å². The van der Waals surface area contributed by atoms with Crippen molar-refractivity contribution in [3.8, 4) is 11.4 Å². The van der Waals surface area contributed by atoms with Crippen LogP contribution in [0.1, 0.15) is 12.7 Å². The highest BCUT2D eigenvalue weighted by atomic mass is 79.9. The van der Waals surface area contributed by atoms with E-state index in [-0.39, 0.29) is 0 Å². The number of aromatic nitrogens is 4. The van der Waals surface area contributed by atoms with Gasteiger partial charge in [-0.1, -0.05) is 6.92 Å². The third-order valence-corrected chi connectivity index (χ3v) is 3.77. The van der Waals surface area contributed by atoms with E-state index in [1.807, 2.05) is 19.1 Å². The van der Waals surface area contributed by atoms with Gasteiger partial charge in [0.2, 0.25) is 0 Å². The zero-order valence-corrected chi connectivity index (χ0v) is 13.7. The number of nitrogens with zero attached hydrogens (tertiary/aromatic N) is 4. The predicted molar refractivity (Wildman–Crippen MR) is 78.5 cm³/mol. The Labute approximate surface area is 127 Å². The summed E-state index contributed by atoms with van der Waals surface area (Å²) < 4.78 is 8.72. The first-order valence-electron chi connectivity index (χ1n) is 5.68. The molecule has 0 spiro atoms. The van der Waals surface area contributed by atoms with Gasteiger partial charge in [0.25, 0.3) is 0 Å². The smallest absolute Gasteiger partial charge is 0.170 e. The number of tetrazole rings is 1. The van der Waals surface area contributed by atoms with Crippen molar-refractivity contribution < 1.29 is 4.74 Å². The maximum atomic E-state index is 5.29. The molecule has 0 unspecified atom stereocenters. The minimum Gasteiger partial charge on any atom is -0.495 e. The molecule has 1 aromatic carbocycles. The van der Waals surface area contributed by atoms with Crippen LogP contribution in [0.4, 0.5) is 0 Å². The van der Waals surface area contributed by atoms with Crippen LogP contribution in [0, 0.1) is 0 Å². The molecule has 6 nitrogen and oxygen atoms in total. The summed E-state index contributed by atoms with van der Waals surface area (Å²) in [4.78, 5) is 0. The Morgan fingerprint density at radius 3 is 2.79 bits per heavy atom. The number of nitrogens with one attached hydrogen (secondary N) is 1. The molecule has 1 heterocycles. The second-order valence-electron chi connectivity index (χ2n) is 3.73. The lowest BCUT2D eigenvalue weighted by Gasteiger charge is -2.10. The Kier molecular flexibility index (Phi) is 4.89. The fourth-order valence-electron chi connectivity index (χ4n) is 1.58. The summed E-state index contributed by atoms with van der Waals surface area (Å²) in [6.45, 7) is 3.50. The van der Waals surface area contributed by atoms with Gasteiger partial charge < -0.3 is 10.1 Å². The number of halogens is 2. The van der Waals surface area contributed by atoms with Crippen LogP contribution >= 0.6 is 31.9 Å². The second kappa shape index (κ2) is 6.44. The maximum Gasteiger partial charge on any atom is 0.170 e. The first-order chi connectivity index (χ1) is 9.17. The van der Waals surface area contributed by atoms with Gasteiger partial charge in [0.15, 0.2) is 5.82 Å². The van der Waals surface area contributed by atoms with Crippen LogP contribution in [0.5, 0.6) is 5.75 Å². The minimum absolute atomic E-state index is 0.605. The van der Waals surface area contributed by atoms with Crippen LogP contribution < -0.4 is 10.1 Å². The molecule has 2 rings (SSSR count). The Morgan fingerprint density at radius 2 is 2.11 bits per heavy atom. The van der Waals surface area contributed by atoms with Crippen molar-refractivity contribution in [1.82, 2.24) is 25.5 Å². The largest absolute Gasteiger partial charge is 0.495 e. The summed E-state index contributed by atoms with van der Waals surface area (Å²) in [5.74, 6) is 1.47. The standard InChI is InChI=1S/C11H13Br2N5O/c1-3-14-6-11-15-16-17-18(11)9-5-10(19-2)8(13)4-7(9)12/h4-5,14H,3,6H2,1-2H3. The van der Waals surface area contributed by atoms with Gasteiger partial charge in [0.1, 0.15) is 5.75 Å². The molecular formula is C11H13Br2N5O. The lowest BCUT2D eigenvalue weighted by molar-refractivity contribution is 0.411. The van der Waals surface area contributed by atoms with Gasteiger partial charge in [0, 0.05) is 10.5 Å². The van der Waals surface area contributed by atoms with Gasteiger partial charge in [0.05, 0.1) is 23.8 Å². The minimum atomic E-state index is 0.605. The van der Waals surface area contributed by atoms with E-state index in [0.717, 1.165) is 32.8 Å². The van der Waals surface area contributed by atoms with E-state index >= 15 is 0 Å². The number of methoxy groups -OCH3 is 1. The molecule has 0 radical (unpaired) electrons. The fraction of sp³-hybridized carbons (Fsp3) is 0.364. The number of hydrogen-bond donors (Lipinski definition) is 1. The molecule has 0 aliphatic carbocycles. The van der Waals surface area contributed by atoms with E-state index in [1.165, 1.54) is 0 Å². The van der Waals surface area contributed by atoms with Gasteiger partial charge in [-0.2, -0.15) is 4.68 Å². The van der Waals surface area contributed by atoms with Crippen LogP contribution in [0.25, 0.3) is 5.69 Å². The number of rotatable bonds is 5. The molecule has 0 saturated heterocycles. The Bertz CT molecular complexity index is 572. The normalized spacial score (nSPS) is 10.7. The molecule has 0 saturated carbocycles. The third-order valence-electron chi connectivity index (χ3n) is 2.52. The molecule has 0 aliphatic heterocycles. The molecule has 0 bridgehead atoms. The van der Waals surface area contributed by atoms with Crippen molar-refractivity contribution in [1.29, 1.82) is 0 Å². The average molecular weight is 391 g/mol. The average Bonchev–Trinajstić information content (AvgIpc) is 2.84. The first kappa shape index (κ1) is 14.4. The Morgan fingerprint density at radius 1 is 1.32 bits per heavy atom. The van der Waals surface area contributed by atoms with Crippen molar-refractivity contribution in [2.75, 3.05) is 13.7 Å². The molecule has 1 aromatic heterocycles. The summed E-state index contributed by atoms with van der Waals surface area (Å²) in [7, 11) is 1.62. The number of benzene rings is 1. The van der Waals surface area contributed by atoms with Crippen molar-refractivity contribution >= 4 is 31.9 Å². The van der Waals surface area contributed by atoms with Gasteiger partial charge in [-0.05, 0) is 54.9 Å². The van der Waals surface area contributed by atoms with Crippen molar-refractivity contribution in [2.45, 2.75) is 13.5 Å². The summed E-state index contributed by atoms with van der Waals surface area (Å²) in [6, 6.07) is 3.78. The van der Waals surface area contributed by atoms with Crippen molar-refractivity contribution in [2.24, 2.45) is 0 Å². The van der Waals surface area contributed by atoms with Gasteiger partial charge in [-0.3, -0.25) is 0 Å². The molecular weight excluding hydrogens is 378 g/mol. The second-order valence-corrected chi connectivity index (χ2v) is 5.43. The Hall–Kier alpha value is -0.990. The summed E-state index contributed by atoms with van der Waals surface area (Å²) in [5, 5.41) is 15.0. The van der Waals surface area contributed by atoms with E-state index in [9.17, 15) is 0 Å². The van der Waals surface area contributed by atoms with Gasteiger partial charge in [-0.25, -0.2) is 0 Å². The zero-order chi connectivity index (χ0) is 13.8. The molecule has 2 aromatic rings. The monoisotopic (exact) mass is 389 g/mol. The first-order valence-corrected chi connectivity index (χ1v) is 7.27.